The second-order valence-electron chi connectivity index (χ2n) is 6.71. The van der Waals surface area contributed by atoms with Crippen molar-refractivity contribution in [3.8, 4) is 11.5 Å². The largest absolute Gasteiger partial charge is 0.497 e. The van der Waals surface area contributed by atoms with Gasteiger partial charge in [0.25, 0.3) is 5.91 Å². The minimum absolute atomic E-state index is 0.0690. The summed E-state index contributed by atoms with van der Waals surface area (Å²) in [5.74, 6) is 0.709. The molecule has 0 saturated carbocycles. The van der Waals surface area contributed by atoms with Crippen LogP contribution >= 0.6 is 0 Å². The van der Waals surface area contributed by atoms with Gasteiger partial charge in [0.05, 0.1) is 31.4 Å². The predicted molar refractivity (Wildman–Crippen MR) is 106 cm³/mol. The Morgan fingerprint density at radius 2 is 1.89 bits per heavy atom. The van der Waals surface area contributed by atoms with E-state index in [0.29, 0.717) is 35.8 Å². The van der Waals surface area contributed by atoms with Crippen molar-refractivity contribution >= 4 is 28.4 Å². The summed E-state index contributed by atoms with van der Waals surface area (Å²) in [5, 5.41) is 3.76. The van der Waals surface area contributed by atoms with E-state index in [1.54, 1.807) is 43.5 Å². The number of hydrogen-bond donors (Lipinski definition) is 2. The van der Waals surface area contributed by atoms with E-state index in [9.17, 15) is 9.59 Å². The number of carbonyl (C=O) groups excluding carboxylic acids is 2. The van der Waals surface area contributed by atoms with Gasteiger partial charge in [-0.05, 0) is 18.2 Å². The van der Waals surface area contributed by atoms with Crippen LogP contribution in [-0.2, 0) is 4.79 Å². The van der Waals surface area contributed by atoms with Crippen LogP contribution < -0.4 is 14.8 Å². The maximum absolute atomic E-state index is 12.8. The van der Waals surface area contributed by atoms with Gasteiger partial charge in [0, 0.05) is 36.3 Å². The Balaban J connectivity index is 1.41. The van der Waals surface area contributed by atoms with Gasteiger partial charge in [-0.25, -0.2) is 0 Å². The van der Waals surface area contributed by atoms with E-state index in [1.807, 2.05) is 24.3 Å². The summed E-state index contributed by atoms with van der Waals surface area (Å²) in [5.41, 5.74) is 2.10. The molecule has 0 radical (unpaired) electrons. The summed E-state index contributed by atoms with van der Waals surface area (Å²) in [7, 11) is 3.11. The number of para-hydroxylation sites is 1. The van der Waals surface area contributed by atoms with Crippen molar-refractivity contribution in [2.75, 3.05) is 32.6 Å². The number of likely N-dealkylation sites (tertiary alicyclic amines) is 1. The molecule has 7 heteroatoms. The number of nitrogens with one attached hydrogen (secondary N) is 2. The van der Waals surface area contributed by atoms with Crippen molar-refractivity contribution in [2.45, 2.75) is 0 Å². The Kier molecular flexibility index (Phi) is 4.65. The van der Waals surface area contributed by atoms with Gasteiger partial charge in [-0.1, -0.05) is 18.2 Å². The third-order valence-electron chi connectivity index (χ3n) is 5.02. The van der Waals surface area contributed by atoms with Crippen molar-refractivity contribution in [3.63, 3.8) is 0 Å². The highest BCUT2D eigenvalue weighted by Crippen LogP contribution is 2.30. The molecule has 4 rings (SSSR count). The van der Waals surface area contributed by atoms with Gasteiger partial charge in [-0.15, -0.1) is 0 Å². The van der Waals surface area contributed by atoms with Crippen molar-refractivity contribution in [3.05, 3.63) is 54.2 Å². The maximum Gasteiger partial charge on any atom is 0.256 e. The number of benzene rings is 2. The first-order valence-electron chi connectivity index (χ1n) is 8.99. The van der Waals surface area contributed by atoms with Gasteiger partial charge in [0.1, 0.15) is 11.5 Å². The Labute approximate surface area is 162 Å². The zero-order valence-corrected chi connectivity index (χ0v) is 15.7. The molecule has 0 unspecified atom stereocenters. The molecule has 0 spiro atoms. The average Bonchev–Trinajstić information content (AvgIpc) is 3.10. The number of hydrogen-bond acceptors (Lipinski definition) is 4. The number of methoxy groups -OCH3 is 2. The van der Waals surface area contributed by atoms with Gasteiger partial charge in [0.15, 0.2) is 0 Å². The lowest BCUT2D eigenvalue weighted by Crippen LogP contribution is -2.54. The Hall–Kier alpha value is -3.48. The van der Waals surface area contributed by atoms with Crippen LogP contribution in [0.15, 0.2) is 48.7 Å². The fourth-order valence-corrected chi connectivity index (χ4v) is 3.38. The van der Waals surface area contributed by atoms with Crippen molar-refractivity contribution in [2.24, 2.45) is 5.92 Å². The van der Waals surface area contributed by atoms with Gasteiger partial charge in [-0.2, -0.15) is 0 Å². The minimum atomic E-state index is -0.259. The summed E-state index contributed by atoms with van der Waals surface area (Å²) < 4.78 is 10.5. The normalized spacial score (nSPS) is 13.9. The SMILES string of the molecule is COc1ccc(OC)c(NC(=O)C2CN(C(=O)c3c[nH]c4ccccc34)C2)c1. The molecule has 1 fully saturated rings. The van der Waals surface area contributed by atoms with E-state index in [4.69, 9.17) is 9.47 Å². The van der Waals surface area contributed by atoms with Crippen LogP contribution in [0.5, 0.6) is 11.5 Å². The number of aromatic nitrogens is 1. The topological polar surface area (TPSA) is 83.7 Å². The number of ether oxygens (including phenoxy) is 2. The second-order valence-corrected chi connectivity index (χ2v) is 6.71. The Morgan fingerprint density at radius 3 is 2.64 bits per heavy atom. The first-order valence-corrected chi connectivity index (χ1v) is 8.99. The van der Waals surface area contributed by atoms with Crippen LogP contribution in [0.3, 0.4) is 0 Å². The van der Waals surface area contributed by atoms with Gasteiger partial charge < -0.3 is 24.7 Å². The number of carbonyl (C=O) groups is 2. The number of aromatic amines is 1. The summed E-state index contributed by atoms with van der Waals surface area (Å²) >= 11 is 0. The van der Waals surface area contributed by atoms with Crippen LogP contribution in [0, 0.1) is 5.92 Å². The van der Waals surface area contributed by atoms with E-state index in [-0.39, 0.29) is 17.7 Å². The molecule has 2 N–H and O–H groups in total. The van der Waals surface area contributed by atoms with Crippen molar-refractivity contribution in [1.29, 1.82) is 0 Å². The zero-order valence-electron chi connectivity index (χ0n) is 15.7. The standard InChI is InChI=1S/C21H21N3O4/c1-27-14-7-8-19(28-2)18(9-14)23-20(25)13-11-24(12-13)21(26)16-10-22-17-6-4-3-5-15(16)17/h3-10,13,22H,11-12H2,1-2H3,(H,23,25). The number of H-pyrrole nitrogens is 1. The highest BCUT2D eigenvalue weighted by molar-refractivity contribution is 6.07. The highest BCUT2D eigenvalue weighted by atomic mass is 16.5. The number of anilines is 1. The molecular weight excluding hydrogens is 358 g/mol. The molecule has 0 aliphatic carbocycles. The molecule has 1 aromatic heterocycles. The molecule has 1 saturated heterocycles. The monoisotopic (exact) mass is 379 g/mol. The predicted octanol–water partition coefficient (Wildman–Crippen LogP) is 2.90. The smallest absolute Gasteiger partial charge is 0.256 e. The van der Waals surface area contributed by atoms with E-state index < -0.39 is 0 Å². The molecular formula is C21H21N3O4. The molecule has 0 atom stereocenters. The maximum atomic E-state index is 12.8. The van der Waals surface area contributed by atoms with Crippen LogP contribution in [-0.4, -0.2) is 49.0 Å². The number of fused-ring (bicyclic) bond motifs is 1. The van der Waals surface area contributed by atoms with Crippen LogP contribution in [0.1, 0.15) is 10.4 Å². The van der Waals surface area contributed by atoms with Crippen LogP contribution in [0.25, 0.3) is 10.9 Å². The molecule has 7 nitrogen and oxygen atoms in total. The molecule has 1 aliphatic heterocycles. The molecule has 2 aromatic carbocycles. The lowest BCUT2D eigenvalue weighted by atomic mass is 9.97. The van der Waals surface area contributed by atoms with Gasteiger partial charge >= 0.3 is 0 Å². The van der Waals surface area contributed by atoms with Gasteiger partial charge in [0.2, 0.25) is 5.91 Å². The minimum Gasteiger partial charge on any atom is -0.497 e. The summed E-state index contributed by atoms with van der Waals surface area (Å²) in [6, 6.07) is 12.9. The fourth-order valence-electron chi connectivity index (χ4n) is 3.38. The second kappa shape index (κ2) is 7.26. The van der Waals surface area contributed by atoms with E-state index >= 15 is 0 Å². The van der Waals surface area contributed by atoms with Crippen LogP contribution in [0.2, 0.25) is 0 Å². The molecule has 2 heterocycles. The molecule has 3 aromatic rings. The first kappa shape index (κ1) is 17.9. The summed E-state index contributed by atoms with van der Waals surface area (Å²) in [4.78, 5) is 30.1. The lowest BCUT2D eigenvalue weighted by molar-refractivity contribution is -0.123. The van der Waals surface area contributed by atoms with Crippen molar-refractivity contribution < 1.29 is 19.1 Å². The number of nitrogens with zero attached hydrogens (tertiary/aromatic N) is 1. The first-order chi connectivity index (χ1) is 13.6. The summed E-state index contributed by atoms with van der Waals surface area (Å²) in [6.07, 6.45) is 1.72. The molecule has 2 amide bonds. The number of amides is 2. The van der Waals surface area contributed by atoms with Crippen LogP contribution in [0.4, 0.5) is 5.69 Å². The quantitative estimate of drug-likeness (QED) is 0.714. The number of rotatable bonds is 5. The lowest BCUT2D eigenvalue weighted by Gasteiger charge is -2.38. The highest BCUT2D eigenvalue weighted by Gasteiger charge is 2.37. The Morgan fingerprint density at radius 1 is 1.11 bits per heavy atom. The van der Waals surface area contributed by atoms with Gasteiger partial charge in [-0.3, -0.25) is 9.59 Å². The molecule has 0 bridgehead atoms. The third-order valence-corrected chi connectivity index (χ3v) is 5.02. The van der Waals surface area contributed by atoms with Crippen molar-refractivity contribution in [1.82, 2.24) is 9.88 Å². The fraction of sp³-hybridized carbons (Fsp3) is 0.238. The zero-order chi connectivity index (χ0) is 19.7. The molecule has 28 heavy (non-hydrogen) atoms. The summed E-state index contributed by atoms with van der Waals surface area (Å²) in [6.45, 7) is 0.771. The third kappa shape index (κ3) is 3.15. The molecule has 144 valence electrons. The Bertz CT molecular complexity index is 1040. The average molecular weight is 379 g/mol. The molecule has 1 aliphatic rings. The van der Waals surface area contributed by atoms with E-state index in [0.717, 1.165) is 10.9 Å². The van der Waals surface area contributed by atoms with E-state index in [2.05, 4.69) is 10.3 Å². The van der Waals surface area contributed by atoms with E-state index in [1.165, 1.54) is 0 Å².